The SMILES string of the molecule is COc1ccccc1CN(C)[C@@H](C)C(=O)N1CC(=O)Nc2ccccc21. The van der Waals surface area contributed by atoms with Gasteiger partial charge in [-0.25, -0.2) is 0 Å². The third kappa shape index (κ3) is 3.55. The van der Waals surface area contributed by atoms with Gasteiger partial charge in [0.25, 0.3) is 0 Å². The van der Waals surface area contributed by atoms with E-state index in [4.69, 9.17) is 4.74 Å². The number of amides is 2. The van der Waals surface area contributed by atoms with E-state index >= 15 is 0 Å². The van der Waals surface area contributed by atoms with E-state index in [2.05, 4.69) is 5.32 Å². The molecular formula is C20H23N3O3. The Morgan fingerprint density at radius 3 is 2.69 bits per heavy atom. The highest BCUT2D eigenvalue weighted by atomic mass is 16.5. The molecule has 0 aromatic heterocycles. The van der Waals surface area contributed by atoms with Crippen molar-refractivity contribution in [3.8, 4) is 5.75 Å². The summed E-state index contributed by atoms with van der Waals surface area (Å²) < 4.78 is 5.39. The van der Waals surface area contributed by atoms with Gasteiger partial charge in [0.1, 0.15) is 12.3 Å². The molecule has 0 bridgehead atoms. The van der Waals surface area contributed by atoms with Gasteiger partial charge < -0.3 is 10.1 Å². The Morgan fingerprint density at radius 1 is 1.23 bits per heavy atom. The molecule has 0 radical (unpaired) electrons. The zero-order chi connectivity index (χ0) is 18.7. The fraction of sp³-hybridized carbons (Fsp3) is 0.300. The number of benzene rings is 2. The average molecular weight is 353 g/mol. The first-order valence-corrected chi connectivity index (χ1v) is 8.53. The number of para-hydroxylation sites is 3. The Hall–Kier alpha value is -2.86. The highest BCUT2D eigenvalue weighted by Gasteiger charge is 2.31. The van der Waals surface area contributed by atoms with Crippen LogP contribution in [-0.4, -0.2) is 43.5 Å². The molecule has 0 unspecified atom stereocenters. The number of ether oxygens (including phenoxy) is 1. The van der Waals surface area contributed by atoms with Crippen LogP contribution >= 0.6 is 0 Å². The van der Waals surface area contributed by atoms with Gasteiger partial charge in [0, 0.05) is 12.1 Å². The Bertz CT molecular complexity index is 821. The molecule has 136 valence electrons. The summed E-state index contributed by atoms with van der Waals surface area (Å²) >= 11 is 0. The maximum absolute atomic E-state index is 13.1. The van der Waals surface area contributed by atoms with Crippen LogP contribution in [-0.2, 0) is 16.1 Å². The summed E-state index contributed by atoms with van der Waals surface area (Å²) in [5, 5.41) is 2.80. The number of hydrogen-bond donors (Lipinski definition) is 1. The lowest BCUT2D eigenvalue weighted by atomic mass is 10.1. The molecule has 1 heterocycles. The van der Waals surface area contributed by atoms with Crippen molar-refractivity contribution in [2.24, 2.45) is 0 Å². The third-order valence-electron chi connectivity index (χ3n) is 4.67. The summed E-state index contributed by atoms with van der Waals surface area (Å²) in [6.45, 7) is 2.45. The van der Waals surface area contributed by atoms with Crippen LogP contribution in [0.2, 0.25) is 0 Å². The molecule has 1 aliphatic heterocycles. The molecule has 0 saturated heterocycles. The van der Waals surface area contributed by atoms with Crippen LogP contribution in [0, 0.1) is 0 Å². The molecule has 6 nitrogen and oxygen atoms in total. The van der Waals surface area contributed by atoms with Crippen molar-refractivity contribution in [3.05, 3.63) is 54.1 Å². The summed E-state index contributed by atoms with van der Waals surface area (Å²) in [7, 11) is 3.53. The van der Waals surface area contributed by atoms with Gasteiger partial charge in [-0.05, 0) is 32.2 Å². The maximum atomic E-state index is 13.1. The lowest BCUT2D eigenvalue weighted by Crippen LogP contribution is -2.50. The van der Waals surface area contributed by atoms with Crippen LogP contribution in [0.5, 0.6) is 5.75 Å². The minimum atomic E-state index is -0.390. The van der Waals surface area contributed by atoms with Crippen LogP contribution in [0.25, 0.3) is 0 Å². The highest BCUT2D eigenvalue weighted by molar-refractivity contribution is 6.11. The number of anilines is 2. The lowest BCUT2D eigenvalue weighted by molar-refractivity contribution is -0.125. The standard InChI is InChI=1S/C20H23N3O3/c1-14(22(2)12-15-8-4-7-11-18(15)26-3)20(25)23-13-19(24)21-16-9-5-6-10-17(16)23/h4-11,14H,12-13H2,1-3H3,(H,21,24)/t14-/m0/s1. The van der Waals surface area contributed by atoms with Crippen molar-refractivity contribution in [1.29, 1.82) is 0 Å². The monoisotopic (exact) mass is 353 g/mol. The van der Waals surface area contributed by atoms with Crippen LogP contribution in [0.1, 0.15) is 12.5 Å². The zero-order valence-corrected chi connectivity index (χ0v) is 15.2. The Morgan fingerprint density at radius 2 is 1.92 bits per heavy atom. The summed E-state index contributed by atoms with van der Waals surface area (Å²) in [4.78, 5) is 28.5. The lowest BCUT2D eigenvalue weighted by Gasteiger charge is -2.33. The second-order valence-electron chi connectivity index (χ2n) is 6.39. The van der Waals surface area contributed by atoms with Gasteiger partial charge >= 0.3 is 0 Å². The number of methoxy groups -OCH3 is 1. The van der Waals surface area contributed by atoms with Crippen LogP contribution in [0.3, 0.4) is 0 Å². The zero-order valence-electron chi connectivity index (χ0n) is 15.2. The molecule has 2 aromatic carbocycles. The topological polar surface area (TPSA) is 61.9 Å². The van der Waals surface area contributed by atoms with E-state index < -0.39 is 0 Å². The maximum Gasteiger partial charge on any atom is 0.244 e. The van der Waals surface area contributed by atoms with Crippen molar-refractivity contribution < 1.29 is 14.3 Å². The normalized spacial score (nSPS) is 14.6. The number of hydrogen-bond acceptors (Lipinski definition) is 4. The van der Waals surface area contributed by atoms with E-state index in [0.717, 1.165) is 17.0 Å². The molecule has 26 heavy (non-hydrogen) atoms. The largest absolute Gasteiger partial charge is 0.496 e. The van der Waals surface area contributed by atoms with Gasteiger partial charge in [0.15, 0.2) is 0 Å². The first-order chi connectivity index (χ1) is 12.5. The van der Waals surface area contributed by atoms with Crippen LogP contribution < -0.4 is 15.0 Å². The first kappa shape index (κ1) is 17.9. The van der Waals surface area contributed by atoms with Crippen molar-refractivity contribution in [2.75, 3.05) is 30.9 Å². The quantitative estimate of drug-likeness (QED) is 0.897. The second kappa shape index (κ2) is 7.58. The van der Waals surface area contributed by atoms with E-state index in [9.17, 15) is 9.59 Å². The van der Waals surface area contributed by atoms with E-state index in [0.29, 0.717) is 12.2 Å². The van der Waals surface area contributed by atoms with Crippen LogP contribution in [0.4, 0.5) is 11.4 Å². The average Bonchev–Trinajstić information content (AvgIpc) is 2.66. The second-order valence-corrected chi connectivity index (χ2v) is 6.39. The minimum absolute atomic E-state index is 0.0304. The van der Waals surface area contributed by atoms with Gasteiger partial charge in [-0.15, -0.1) is 0 Å². The van der Waals surface area contributed by atoms with Crippen molar-refractivity contribution in [1.82, 2.24) is 4.90 Å². The van der Waals surface area contributed by atoms with Gasteiger partial charge in [-0.1, -0.05) is 30.3 Å². The number of likely N-dealkylation sites (N-methyl/N-ethyl adjacent to an activating group) is 1. The summed E-state index contributed by atoms with van der Waals surface area (Å²) in [6, 6.07) is 14.7. The van der Waals surface area contributed by atoms with E-state index in [1.165, 1.54) is 0 Å². The number of nitrogens with one attached hydrogen (secondary N) is 1. The number of fused-ring (bicyclic) bond motifs is 1. The molecule has 2 amide bonds. The third-order valence-corrected chi connectivity index (χ3v) is 4.67. The molecule has 0 saturated carbocycles. The molecule has 1 aliphatic rings. The summed E-state index contributed by atoms with van der Waals surface area (Å²) in [5.74, 6) is 0.503. The Balaban J connectivity index is 1.78. The van der Waals surface area contributed by atoms with Crippen LogP contribution in [0.15, 0.2) is 48.5 Å². The fourth-order valence-corrected chi connectivity index (χ4v) is 3.08. The predicted molar refractivity (Wildman–Crippen MR) is 101 cm³/mol. The first-order valence-electron chi connectivity index (χ1n) is 8.53. The summed E-state index contributed by atoms with van der Waals surface area (Å²) in [6.07, 6.45) is 0. The molecule has 2 aromatic rings. The van der Waals surface area contributed by atoms with Crippen molar-refractivity contribution >= 4 is 23.2 Å². The Labute approximate surface area is 153 Å². The molecule has 1 atom stereocenters. The van der Waals surface area contributed by atoms with Crippen molar-refractivity contribution in [2.45, 2.75) is 19.5 Å². The van der Waals surface area contributed by atoms with Gasteiger partial charge in [0.05, 0.1) is 24.5 Å². The molecule has 0 spiro atoms. The number of rotatable bonds is 5. The van der Waals surface area contributed by atoms with Gasteiger partial charge in [-0.3, -0.25) is 19.4 Å². The molecule has 0 aliphatic carbocycles. The predicted octanol–water partition coefficient (Wildman–Crippen LogP) is 2.50. The highest BCUT2D eigenvalue weighted by Crippen LogP contribution is 2.30. The van der Waals surface area contributed by atoms with Gasteiger partial charge in [0.2, 0.25) is 11.8 Å². The molecular weight excluding hydrogens is 330 g/mol. The number of nitrogens with zero attached hydrogens (tertiary/aromatic N) is 2. The molecule has 1 N–H and O–H groups in total. The van der Waals surface area contributed by atoms with E-state index in [1.54, 1.807) is 18.1 Å². The number of carbonyl (C=O) groups excluding carboxylic acids is 2. The minimum Gasteiger partial charge on any atom is -0.496 e. The van der Waals surface area contributed by atoms with Crippen molar-refractivity contribution in [3.63, 3.8) is 0 Å². The Kier molecular flexibility index (Phi) is 5.23. The molecule has 0 fully saturated rings. The van der Waals surface area contributed by atoms with E-state index in [-0.39, 0.29) is 24.4 Å². The number of carbonyl (C=O) groups is 2. The fourth-order valence-electron chi connectivity index (χ4n) is 3.08. The molecule has 6 heteroatoms. The summed E-state index contributed by atoms with van der Waals surface area (Å²) in [5.41, 5.74) is 2.40. The molecule has 3 rings (SSSR count). The van der Waals surface area contributed by atoms with E-state index in [1.807, 2.05) is 61.3 Å². The van der Waals surface area contributed by atoms with Gasteiger partial charge in [-0.2, -0.15) is 0 Å². The smallest absolute Gasteiger partial charge is 0.244 e.